The number of hydrogen-bond acceptors (Lipinski definition) is 3. The molecule has 0 unspecified atom stereocenters. The number of piperazine rings is 1. The van der Waals surface area contributed by atoms with Crippen LogP contribution in [0, 0.1) is 0 Å². The Bertz CT molecular complexity index is 386. The second-order valence-electron chi connectivity index (χ2n) is 3.96. The quantitative estimate of drug-likeness (QED) is 0.911. The SMILES string of the molecule is CCN1CCN(C(=O)Nc2ccc(Br)o2)CC1. The monoisotopic (exact) mass is 301 g/mol. The molecule has 1 saturated heterocycles. The molecule has 0 aliphatic carbocycles. The van der Waals surface area contributed by atoms with Gasteiger partial charge in [0.05, 0.1) is 0 Å². The number of furan rings is 1. The number of nitrogens with zero attached hydrogens (tertiary/aromatic N) is 2. The Morgan fingerprint density at radius 1 is 1.41 bits per heavy atom. The van der Waals surface area contributed by atoms with Gasteiger partial charge in [0.2, 0.25) is 5.88 Å². The fourth-order valence-corrected chi connectivity index (χ4v) is 2.14. The number of rotatable bonds is 2. The van der Waals surface area contributed by atoms with Crippen LogP contribution >= 0.6 is 15.9 Å². The van der Waals surface area contributed by atoms with E-state index in [9.17, 15) is 4.79 Å². The van der Waals surface area contributed by atoms with Crippen LogP contribution in [0.3, 0.4) is 0 Å². The van der Waals surface area contributed by atoms with Gasteiger partial charge in [0.15, 0.2) is 4.67 Å². The summed E-state index contributed by atoms with van der Waals surface area (Å²) < 4.78 is 5.85. The number of anilines is 1. The molecule has 2 amide bonds. The van der Waals surface area contributed by atoms with E-state index in [2.05, 4.69) is 33.1 Å². The van der Waals surface area contributed by atoms with Crippen LogP contribution in [0.15, 0.2) is 21.2 Å². The van der Waals surface area contributed by atoms with E-state index in [1.54, 1.807) is 12.1 Å². The standard InChI is InChI=1S/C11H16BrN3O2/c1-2-14-5-7-15(8-6-14)11(16)13-10-4-3-9(12)17-10/h3-4H,2,5-8H2,1H3,(H,13,16). The molecule has 0 saturated carbocycles. The highest BCUT2D eigenvalue weighted by molar-refractivity contribution is 9.10. The molecule has 2 heterocycles. The average molecular weight is 302 g/mol. The van der Waals surface area contributed by atoms with Crippen LogP contribution in [0.2, 0.25) is 0 Å². The zero-order valence-corrected chi connectivity index (χ0v) is 11.4. The molecule has 0 bridgehead atoms. The van der Waals surface area contributed by atoms with Gasteiger partial charge in [0, 0.05) is 32.2 Å². The molecular weight excluding hydrogens is 286 g/mol. The van der Waals surface area contributed by atoms with Gasteiger partial charge in [-0.3, -0.25) is 5.32 Å². The number of amides is 2. The van der Waals surface area contributed by atoms with E-state index in [0.29, 0.717) is 10.6 Å². The number of carbonyl (C=O) groups is 1. The van der Waals surface area contributed by atoms with Gasteiger partial charge in [-0.15, -0.1) is 0 Å². The molecule has 6 heteroatoms. The highest BCUT2D eigenvalue weighted by atomic mass is 79.9. The maximum absolute atomic E-state index is 11.9. The molecule has 1 aromatic heterocycles. The highest BCUT2D eigenvalue weighted by Gasteiger charge is 2.20. The lowest BCUT2D eigenvalue weighted by Crippen LogP contribution is -2.49. The van der Waals surface area contributed by atoms with Crippen LogP contribution in [0.4, 0.5) is 10.7 Å². The van der Waals surface area contributed by atoms with Gasteiger partial charge in [-0.2, -0.15) is 0 Å². The number of nitrogens with one attached hydrogen (secondary N) is 1. The first-order chi connectivity index (χ1) is 8.19. The van der Waals surface area contributed by atoms with E-state index in [1.807, 2.05) is 4.90 Å². The molecule has 2 rings (SSSR count). The molecule has 0 radical (unpaired) electrons. The van der Waals surface area contributed by atoms with E-state index < -0.39 is 0 Å². The molecule has 5 nitrogen and oxygen atoms in total. The summed E-state index contributed by atoms with van der Waals surface area (Å²) in [5.41, 5.74) is 0. The second kappa shape index (κ2) is 5.55. The van der Waals surface area contributed by atoms with E-state index in [4.69, 9.17) is 4.42 Å². The normalized spacial score (nSPS) is 17.2. The number of carbonyl (C=O) groups excluding carboxylic acids is 1. The molecule has 0 aromatic carbocycles. The van der Waals surface area contributed by atoms with Gasteiger partial charge in [-0.05, 0) is 28.5 Å². The maximum Gasteiger partial charge on any atom is 0.324 e. The summed E-state index contributed by atoms with van der Waals surface area (Å²) in [6.45, 7) is 6.58. The molecule has 17 heavy (non-hydrogen) atoms. The fourth-order valence-electron chi connectivity index (χ4n) is 1.83. The Hall–Kier alpha value is -1.01. The first-order valence-corrected chi connectivity index (χ1v) is 6.52. The van der Waals surface area contributed by atoms with Crippen LogP contribution in [0.25, 0.3) is 0 Å². The lowest BCUT2D eigenvalue weighted by atomic mass is 10.3. The smallest absolute Gasteiger partial charge is 0.324 e. The van der Waals surface area contributed by atoms with E-state index in [1.165, 1.54) is 0 Å². The van der Waals surface area contributed by atoms with Crippen molar-refractivity contribution in [3.8, 4) is 0 Å². The van der Waals surface area contributed by atoms with Crippen LogP contribution in [0.1, 0.15) is 6.92 Å². The van der Waals surface area contributed by atoms with Gasteiger partial charge in [0.1, 0.15) is 0 Å². The molecule has 1 aromatic rings. The van der Waals surface area contributed by atoms with E-state index in [0.717, 1.165) is 32.7 Å². The van der Waals surface area contributed by atoms with E-state index >= 15 is 0 Å². The Morgan fingerprint density at radius 2 is 2.12 bits per heavy atom. The van der Waals surface area contributed by atoms with Crippen molar-refractivity contribution in [2.75, 3.05) is 38.0 Å². The van der Waals surface area contributed by atoms with E-state index in [-0.39, 0.29) is 6.03 Å². The fraction of sp³-hybridized carbons (Fsp3) is 0.545. The third-order valence-electron chi connectivity index (χ3n) is 2.91. The predicted molar refractivity (Wildman–Crippen MR) is 69.1 cm³/mol. The van der Waals surface area contributed by atoms with Crippen molar-refractivity contribution in [1.82, 2.24) is 9.80 Å². The minimum Gasteiger partial charge on any atom is -0.434 e. The number of likely N-dealkylation sites (N-methyl/N-ethyl adjacent to an activating group) is 1. The Kier molecular flexibility index (Phi) is 4.06. The summed E-state index contributed by atoms with van der Waals surface area (Å²) in [5, 5.41) is 2.74. The first kappa shape index (κ1) is 12.4. The Labute approximate surface area is 109 Å². The lowest BCUT2D eigenvalue weighted by molar-refractivity contribution is 0.151. The maximum atomic E-state index is 11.9. The molecule has 1 aliphatic heterocycles. The third-order valence-corrected chi connectivity index (χ3v) is 3.34. The molecule has 0 spiro atoms. The lowest BCUT2D eigenvalue weighted by Gasteiger charge is -2.33. The van der Waals surface area contributed by atoms with Crippen molar-refractivity contribution in [2.45, 2.75) is 6.92 Å². The Balaban J connectivity index is 1.85. The molecule has 1 aliphatic rings. The highest BCUT2D eigenvalue weighted by Crippen LogP contribution is 2.18. The van der Waals surface area contributed by atoms with Crippen molar-refractivity contribution in [3.05, 3.63) is 16.8 Å². The summed E-state index contributed by atoms with van der Waals surface area (Å²) >= 11 is 3.20. The minimum atomic E-state index is -0.0948. The van der Waals surface area contributed by atoms with Gasteiger partial charge in [-0.1, -0.05) is 6.92 Å². The predicted octanol–water partition coefficient (Wildman–Crippen LogP) is 2.21. The second-order valence-corrected chi connectivity index (χ2v) is 4.74. The average Bonchev–Trinajstić information content (AvgIpc) is 2.75. The zero-order valence-electron chi connectivity index (χ0n) is 9.78. The summed E-state index contributed by atoms with van der Waals surface area (Å²) in [4.78, 5) is 16.0. The van der Waals surface area contributed by atoms with Crippen LogP contribution in [0.5, 0.6) is 0 Å². The summed E-state index contributed by atoms with van der Waals surface area (Å²) in [6, 6.07) is 3.39. The molecule has 1 N–H and O–H groups in total. The van der Waals surface area contributed by atoms with Gasteiger partial charge in [-0.25, -0.2) is 4.79 Å². The summed E-state index contributed by atoms with van der Waals surface area (Å²) in [6.07, 6.45) is 0. The largest absolute Gasteiger partial charge is 0.434 e. The third kappa shape index (κ3) is 3.23. The van der Waals surface area contributed by atoms with Crippen molar-refractivity contribution >= 4 is 27.8 Å². The summed E-state index contributed by atoms with van der Waals surface area (Å²) in [5.74, 6) is 0.472. The molecule has 1 fully saturated rings. The minimum absolute atomic E-state index is 0.0948. The van der Waals surface area contributed by atoms with Crippen LogP contribution in [-0.2, 0) is 0 Å². The van der Waals surface area contributed by atoms with Crippen LogP contribution in [-0.4, -0.2) is 48.6 Å². The number of halogens is 1. The van der Waals surface area contributed by atoms with Crippen molar-refractivity contribution in [2.24, 2.45) is 0 Å². The molecular formula is C11H16BrN3O2. The Morgan fingerprint density at radius 3 is 2.65 bits per heavy atom. The number of hydrogen-bond donors (Lipinski definition) is 1. The zero-order chi connectivity index (χ0) is 12.3. The topological polar surface area (TPSA) is 48.7 Å². The number of urea groups is 1. The van der Waals surface area contributed by atoms with Crippen molar-refractivity contribution < 1.29 is 9.21 Å². The van der Waals surface area contributed by atoms with Gasteiger partial charge >= 0.3 is 6.03 Å². The molecule has 94 valence electrons. The van der Waals surface area contributed by atoms with Crippen LogP contribution < -0.4 is 5.32 Å². The summed E-state index contributed by atoms with van der Waals surface area (Å²) in [7, 11) is 0. The van der Waals surface area contributed by atoms with Crippen molar-refractivity contribution in [3.63, 3.8) is 0 Å². The van der Waals surface area contributed by atoms with Crippen molar-refractivity contribution in [1.29, 1.82) is 0 Å². The van der Waals surface area contributed by atoms with Gasteiger partial charge in [0.25, 0.3) is 0 Å². The van der Waals surface area contributed by atoms with Gasteiger partial charge < -0.3 is 14.2 Å². The molecule has 0 atom stereocenters. The first-order valence-electron chi connectivity index (χ1n) is 5.72.